The van der Waals surface area contributed by atoms with Gasteiger partial charge in [-0.2, -0.15) is 0 Å². The van der Waals surface area contributed by atoms with Crippen molar-refractivity contribution in [3.63, 3.8) is 0 Å². The highest BCUT2D eigenvalue weighted by Crippen LogP contribution is 2.23. The Balaban J connectivity index is 1.55. The Kier molecular flexibility index (Phi) is 7.26. The molecule has 30 heavy (non-hydrogen) atoms. The van der Waals surface area contributed by atoms with Crippen LogP contribution in [0.1, 0.15) is 43.4 Å². The molecule has 7 heteroatoms. The minimum atomic E-state index is -3.24. The van der Waals surface area contributed by atoms with Gasteiger partial charge in [0.2, 0.25) is 5.91 Å². The largest absolute Gasteiger partial charge is 0.349 e. The number of benzene rings is 2. The van der Waals surface area contributed by atoms with Gasteiger partial charge in [-0.1, -0.05) is 37.3 Å². The lowest BCUT2D eigenvalue weighted by molar-refractivity contribution is -0.127. The van der Waals surface area contributed by atoms with E-state index in [4.69, 9.17) is 0 Å². The maximum absolute atomic E-state index is 13.9. The van der Waals surface area contributed by atoms with E-state index in [-0.39, 0.29) is 28.6 Å². The highest BCUT2D eigenvalue weighted by Gasteiger charge is 2.27. The van der Waals surface area contributed by atoms with Crippen molar-refractivity contribution in [3.8, 4) is 0 Å². The van der Waals surface area contributed by atoms with Crippen LogP contribution in [-0.4, -0.2) is 38.6 Å². The summed E-state index contributed by atoms with van der Waals surface area (Å²) in [6.45, 7) is 4.07. The fourth-order valence-electron chi connectivity index (χ4n) is 3.88. The summed E-state index contributed by atoms with van der Waals surface area (Å²) in [6, 6.07) is 13.4. The average molecular weight is 433 g/mol. The van der Waals surface area contributed by atoms with Crippen LogP contribution in [0.2, 0.25) is 0 Å². The fourth-order valence-corrected chi connectivity index (χ4v) is 4.51. The average Bonchev–Trinajstić information content (AvgIpc) is 2.73. The molecule has 1 aliphatic rings. The van der Waals surface area contributed by atoms with Gasteiger partial charge in [-0.15, -0.1) is 0 Å². The monoisotopic (exact) mass is 432 g/mol. The zero-order valence-electron chi connectivity index (χ0n) is 17.5. The normalized spacial score (nSPS) is 16.9. The molecule has 3 rings (SSSR count). The summed E-state index contributed by atoms with van der Waals surface area (Å²) in [5, 5.41) is 3.12. The molecule has 1 saturated heterocycles. The number of carbonyl (C=O) groups is 1. The first-order valence-electron chi connectivity index (χ1n) is 10.3. The molecule has 5 nitrogen and oxygen atoms in total. The third-order valence-corrected chi connectivity index (χ3v) is 6.87. The number of nitrogens with zero attached hydrogens (tertiary/aromatic N) is 1. The summed E-state index contributed by atoms with van der Waals surface area (Å²) in [5.41, 5.74) is 1.58. The maximum Gasteiger partial charge on any atom is 0.223 e. The zero-order valence-corrected chi connectivity index (χ0v) is 18.3. The number of hydrogen-bond donors (Lipinski definition) is 1. The summed E-state index contributed by atoms with van der Waals surface area (Å²) in [5.74, 6) is -0.226. The number of rotatable bonds is 7. The molecule has 1 aliphatic heterocycles. The van der Waals surface area contributed by atoms with E-state index in [1.165, 1.54) is 12.3 Å². The van der Waals surface area contributed by atoms with Crippen LogP contribution in [0.15, 0.2) is 53.4 Å². The van der Waals surface area contributed by atoms with Crippen LogP contribution < -0.4 is 5.32 Å². The van der Waals surface area contributed by atoms with Crippen molar-refractivity contribution in [2.75, 3.05) is 19.3 Å². The van der Waals surface area contributed by atoms with Crippen LogP contribution >= 0.6 is 0 Å². The first-order chi connectivity index (χ1) is 14.3. The lowest BCUT2D eigenvalue weighted by atomic mass is 9.94. The number of piperidine rings is 1. The summed E-state index contributed by atoms with van der Waals surface area (Å²) in [7, 11) is -3.24. The number of hydrogen-bond acceptors (Lipinski definition) is 4. The molecule has 2 aromatic rings. The Morgan fingerprint density at radius 1 is 1.13 bits per heavy atom. The summed E-state index contributed by atoms with van der Waals surface area (Å²) in [4.78, 5) is 15.3. The minimum absolute atomic E-state index is 0.0274. The van der Waals surface area contributed by atoms with E-state index in [0.29, 0.717) is 12.1 Å². The molecule has 0 aromatic heterocycles. The minimum Gasteiger partial charge on any atom is -0.349 e. The van der Waals surface area contributed by atoms with Crippen LogP contribution in [0.3, 0.4) is 0 Å². The molecular weight excluding hydrogens is 403 g/mol. The topological polar surface area (TPSA) is 66.5 Å². The van der Waals surface area contributed by atoms with E-state index in [2.05, 4.69) is 10.2 Å². The van der Waals surface area contributed by atoms with E-state index in [1.807, 2.05) is 13.0 Å². The smallest absolute Gasteiger partial charge is 0.223 e. The molecule has 1 amide bonds. The van der Waals surface area contributed by atoms with Gasteiger partial charge in [0.05, 0.1) is 10.9 Å². The van der Waals surface area contributed by atoms with Gasteiger partial charge in [0.25, 0.3) is 0 Å². The number of nitrogens with one attached hydrogen (secondary N) is 1. The van der Waals surface area contributed by atoms with Crippen LogP contribution in [0.4, 0.5) is 4.39 Å². The summed E-state index contributed by atoms with van der Waals surface area (Å²) in [6.07, 6.45) is 3.38. The highest BCUT2D eigenvalue weighted by molar-refractivity contribution is 7.90. The van der Waals surface area contributed by atoms with E-state index < -0.39 is 9.84 Å². The predicted molar refractivity (Wildman–Crippen MR) is 115 cm³/mol. The van der Waals surface area contributed by atoms with Crippen LogP contribution in [-0.2, 0) is 21.2 Å². The standard InChI is InChI=1S/C23H29FN2O3S/c1-3-22(17-8-10-20(11-9-17)30(2,28)29)25-23(27)18-12-14-26(15-13-18)16-19-6-4-5-7-21(19)24/h4-11,18,22H,3,12-16H2,1-2H3,(H,25,27). The SMILES string of the molecule is CCC(NC(=O)C1CCN(Cc2ccccc2F)CC1)c1ccc(S(C)(=O)=O)cc1. The first kappa shape index (κ1) is 22.4. The second kappa shape index (κ2) is 9.71. The van der Waals surface area contributed by atoms with Gasteiger partial charge in [-0.05, 0) is 56.1 Å². The molecule has 1 atom stereocenters. The zero-order chi connectivity index (χ0) is 21.7. The lowest BCUT2D eigenvalue weighted by Gasteiger charge is -2.32. The number of amides is 1. The molecule has 0 saturated carbocycles. The predicted octanol–water partition coefficient (Wildman–Crippen LogP) is 3.71. The van der Waals surface area contributed by atoms with E-state index in [0.717, 1.165) is 37.9 Å². The molecule has 1 fully saturated rings. The number of carbonyl (C=O) groups excluding carboxylic acids is 1. The third-order valence-electron chi connectivity index (χ3n) is 5.75. The molecule has 0 bridgehead atoms. The molecule has 0 aliphatic carbocycles. The van der Waals surface area contributed by atoms with Gasteiger partial charge < -0.3 is 5.32 Å². The highest BCUT2D eigenvalue weighted by atomic mass is 32.2. The van der Waals surface area contributed by atoms with Crippen molar-refractivity contribution in [1.82, 2.24) is 10.2 Å². The van der Waals surface area contributed by atoms with E-state index in [9.17, 15) is 17.6 Å². The first-order valence-corrected chi connectivity index (χ1v) is 12.2. The molecular formula is C23H29FN2O3S. The Labute approximate surface area is 178 Å². The van der Waals surface area contributed by atoms with Crippen molar-refractivity contribution in [2.24, 2.45) is 5.92 Å². The summed E-state index contributed by atoms with van der Waals surface area (Å²) < 4.78 is 37.1. The van der Waals surface area contributed by atoms with Crippen LogP contribution in [0.5, 0.6) is 0 Å². The van der Waals surface area contributed by atoms with Gasteiger partial charge in [-0.3, -0.25) is 9.69 Å². The Bertz CT molecular complexity index is 968. The van der Waals surface area contributed by atoms with Crippen LogP contribution in [0, 0.1) is 11.7 Å². The van der Waals surface area contributed by atoms with Crippen molar-refractivity contribution in [3.05, 3.63) is 65.5 Å². The van der Waals surface area contributed by atoms with Crippen LogP contribution in [0.25, 0.3) is 0 Å². The maximum atomic E-state index is 13.9. The van der Waals surface area contributed by atoms with Gasteiger partial charge in [0.1, 0.15) is 5.82 Å². The molecule has 0 spiro atoms. The van der Waals surface area contributed by atoms with Gasteiger partial charge >= 0.3 is 0 Å². The molecule has 162 valence electrons. The molecule has 1 heterocycles. The second-order valence-corrected chi connectivity index (χ2v) is 9.97. The van der Waals surface area contributed by atoms with Crippen molar-refractivity contribution >= 4 is 15.7 Å². The lowest BCUT2D eigenvalue weighted by Crippen LogP contribution is -2.41. The van der Waals surface area contributed by atoms with Gasteiger partial charge in [0, 0.05) is 24.3 Å². The number of halogens is 1. The van der Waals surface area contributed by atoms with Crippen molar-refractivity contribution < 1.29 is 17.6 Å². The third kappa shape index (κ3) is 5.67. The molecule has 1 unspecified atom stereocenters. The summed E-state index contributed by atoms with van der Waals surface area (Å²) >= 11 is 0. The second-order valence-electron chi connectivity index (χ2n) is 7.95. The Hall–Kier alpha value is -2.25. The van der Waals surface area contributed by atoms with Gasteiger partial charge in [0.15, 0.2) is 9.84 Å². The van der Waals surface area contributed by atoms with E-state index in [1.54, 1.807) is 36.4 Å². The van der Waals surface area contributed by atoms with Gasteiger partial charge in [-0.25, -0.2) is 12.8 Å². The fraction of sp³-hybridized carbons (Fsp3) is 0.435. The number of sulfone groups is 1. The molecule has 1 N–H and O–H groups in total. The quantitative estimate of drug-likeness (QED) is 0.724. The molecule has 2 aromatic carbocycles. The Morgan fingerprint density at radius 3 is 2.33 bits per heavy atom. The number of likely N-dealkylation sites (tertiary alicyclic amines) is 1. The van der Waals surface area contributed by atoms with E-state index >= 15 is 0 Å². The molecule has 0 radical (unpaired) electrons. The van der Waals surface area contributed by atoms with Crippen molar-refractivity contribution in [1.29, 1.82) is 0 Å². The Morgan fingerprint density at radius 2 is 1.77 bits per heavy atom. The van der Waals surface area contributed by atoms with Crippen molar-refractivity contribution in [2.45, 2.75) is 43.7 Å².